The predicted octanol–water partition coefficient (Wildman–Crippen LogP) is 4.57. The fraction of sp³-hybridized carbons (Fsp3) is 0.500. The summed E-state index contributed by atoms with van der Waals surface area (Å²) in [5.41, 5.74) is 2.53. The van der Waals surface area contributed by atoms with Crippen molar-refractivity contribution >= 4 is 11.9 Å². The monoisotopic (exact) mass is 390 g/mol. The number of hydrogen-bond acceptors (Lipinski definition) is 3. The normalized spacial score (nSPS) is 30.2. The van der Waals surface area contributed by atoms with Crippen molar-refractivity contribution in [2.75, 3.05) is 0 Å². The first-order valence-corrected chi connectivity index (χ1v) is 10.9. The first kappa shape index (κ1) is 20.1. The van der Waals surface area contributed by atoms with Crippen LogP contribution in [0, 0.1) is 17.3 Å². The zero-order chi connectivity index (χ0) is 20.5. The van der Waals surface area contributed by atoms with E-state index in [1.54, 1.807) is 6.08 Å². The van der Waals surface area contributed by atoms with Gasteiger partial charge in [-0.05, 0) is 81.2 Å². The Morgan fingerprint density at radius 3 is 2.55 bits per heavy atom. The Kier molecular flexibility index (Phi) is 5.51. The van der Waals surface area contributed by atoms with Gasteiger partial charge in [-0.1, -0.05) is 42.9 Å². The van der Waals surface area contributed by atoms with Gasteiger partial charge in [-0.3, -0.25) is 4.79 Å². The summed E-state index contributed by atoms with van der Waals surface area (Å²) in [6, 6.07) is 7.82. The molecular weight excluding hydrogens is 360 g/mol. The van der Waals surface area contributed by atoms with E-state index in [1.165, 1.54) is 6.42 Å². The van der Waals surface area contributed by atoms with Gasteiger partial charge in [0.25, 0.3) is 0 Å². The van der Waals surface area contributed by atoms with E-state index in [9.17, 15) is 15.0 Å². The zero-order valence-corrected chi connectivity index (χ0v) is 17.2. The van der Waals surface area contributed by atoms with E-state index in [1.807, 2.05) is 30.3 Å². The van der Waals surface area contributed by atoms with E-state index in [0.717, 1.165) is 67.2 Å². The van der Waals surface area contributed by atoms with Crippen molar-refractivity contribution in [3.8, 4) is 11.8 Å². The van der Waals surface area contributed by atoms with Crippen molar-refractivity contribution in [3.63, 3.8) is 0 Å². The van der Waals surface area contributed by atoms with E-state index in [-0.39, 0.29) is 17.3 Å². The fourth-order valence-corrected chi connectivity index (χ4v) is 4.94. The van der Waals surface area contributed by atoms with Gasteiger partial charge in [-0.25, -0.2) is 0 Å². The average molecular weight is 391 g/mol. The van der Waals surface area contributed by atoms with Crippen LogP contribution in [-0.4, -0.2) is 27.7 Å². The van der Waals surface area contributed by atoms with Crippen molar-refractivity contribution in [2.45, 2.75) is 76.4 Å². The quantitative estimate of drug-likeness (QED) is 0.546. The molecule has 0 saturated heterocycles. The second-order valence-corrected chi connectivity index (χ2v) is 9.17. The average Bonchev–Trinajstić information content (AvgIpc) is 2.71. The molecule has 0 spiro atoms. The topological polar surface area (TPSA) is 57.5 Å². The minimum absolute atomic E-state index is 0.0648. The molecule has 3 aliphatic rings. The highest BCUT2D eigenvalue weighted by Gasteiger charge is 2.43. The molecule has 4 rings (SSSR count). The molecule has 0 amide bonds. The van der Waals surface area contributed by atoms with Crippen LogP contribution in [-0.2, 0) is 4.79 Å². The number of allylic oxidation sites excluding steroid dienone is 2. The molecule has 2 fully saturated rings. The van der Waals surface area contributed by atoms with Crippen LogP contribution < -0.4 is 0 Å². The zero-order valence-electron chi connectivity index (χ0n) is 17.2. The molecule has 0 radical (unpaired) electrons. The van der Waals surface area contributed by atoms with Crippen LogP contribution in [0.1, 0.15) is 75.8 Å². The van der Waals surface area contributed by atoms with E-state index in [0.29, 0.717) is 6.42 Å². The van der Waals surface area contributed by atoms with Crippen LogP contribution in [0.2, 0.25) is 0 Å². The summed E-state index contributed by atoms with van der Waals surface area (Å²) in [5.74, 6) is 6.24. The SMILES string of the molecule is C[C@]12C/C(=C\c3ccc(C#CC4(O)CCCCC4)cc3)C(=O)C=C1CCC[C@@H]2O. The van der Waals surface area contributed by atoms with E-state index in [2.05, 4.69) is 18.8 Å². The molecule has 152 valence electrons. The maximum Gasteiger partial charge on any atom is 0.181 e. The molecule has 1 aromatic carbocycles. The van der Waals surface area contributed by atoms with Crippen LogP contribution in [0.15, 0.2) is 41.5 Å². The lowest BCUT2D eigenvalue weighted by molar-refractivity contribution is -0.112. The second kappa shape index (κ2) is 7.94. The standard InChI is InChI=1S/C26H30O3/c1-25-18-21(23(27)17-22(25)6-5-7-24(25)28)16-20-10-8-19(9-11-20)12-15-26(29)13-3-2-4-14-26/h8-11,16-17,24,28-29H,2-7,13-14,18H2,1H3/b21-16+/t24-,25-/m0/s1. The van der Waals surface area contributed by atoms with Gasteiger partial charge < -0.3 is 10.2 Å². The molecule has 0 heterocycles. The minimum atomic E-state index is -0.840. The molecule has 0 unspecified atom stereocenters. The summed E-state index contributed by atoms with van der Waals surface area (Å²) in [5, 5.41) is 21.1. The number of benzene rings is 1. The number of carbonyl (C=O) groups excluding carboxylic acids is 1. The number of rotatable bonds is 1. The molecule has 0 bridgehead atoms. The van der Waals surface area contributed by atoms with Gasteiger partial charge in [-0.15, -0.1) is 0 Å². The summed E-state index contributed by atoms with van der Waals surface area (Å²) >= 11 is 0. The lowest BCUT2D eigenvalue weighted by Crippen LogP contribution is -2.40. The number of hydrogen-bond donors (Lipinski definition) is 2. The Morgan fingerprint density at radius 1 is 1.10 bits per heavy atom. The molecule has 3 nitrogen and oxygen atoms in total. The molecule has 2 atom stereocenters. The third-order valence-electron chi connectivity index (χ3n) is 6.94. The van der Waals surface area contributed by atoms with Crippen LogP contribution in [0.25, 0.3) is 6.08 Å². The smallest absolute Gasteiger partial charge is 0.181 e. The summed E-state index contributed by atoms with van der Waals surface area (Å²) in [6.45, 7) is 2.08. The van der Waals surface area contributed by atoms with Gasteiger partial charge in [0.05, 0.1) is 6.10 Å². The van der Waals surface area contributed by atoms with Gasteiger partial charge in [0.2, 0.25) is 0 Å². The molecule has 2 saturated carbocycles. The first-order valence-electron chi connectivity index (χ1n) is 10.9. The van der Waals surface area contributed by atoms with Crippen LogP contribution >= 0.6 is 0 Å². The first-order chi connectivity index (χ1) is 13.9. The highest BCUT2D eigenvalue weighted by Crippen LogP contribution is 2.48. The predicted molar refractivity (Wildman–Crippen MR) is 115 cm³/mol. The lowest BCUT2D eigenvalue weighted by Gasteiger charge is -2.43. The maximum atomic E-state index is 12.6. The maximum absolute atomic E-state index is 12.6. The fourth-order valence-electron chi connectivity index (χ4n) is 4.94. The Bertz CT molecular complexity index is 904. The van der Waals surface area contributed by atoms with Crippen LogP contribution in [0.3, 0.4) is 0 Å². The van der Waals surface area contributed by atoms with Crippen molar-refractivity contribution in [3.05, 3.63) is 52.6 Å². The Labute approximate surface area is 173 Å². The summed E-state index contributed by atoms with van der Waals surface area (Å²) in [4.78, 5) is 12.6. The summed E-state index contributed by atoms with van der Waals surface area (Å²) in [7, 11) is 0. The van der Waals surface area contributed by atoms with Crippen molar-refractivity contribution < 1.29 is 15.0 Å². The van der Waals surface area contributed by atoms with Crippen molar-refractivity contribution in [1.82, 2.24) is 0 Å². The van der Waals surface area contributed by atoms with E-state index < -0.39 is 5.60 Å². The Morgan fingerprint density at radius 2 is 1.83 bits per heavy atom. The lowest BCUT2D eigenvalue weighted by atomic mass is 9.63. The summed E-state index contributed by atoms with van der Waals surface area (Å²) in [6.07, 6.45) is 11.3. The highest BCUT2D eigenvalue weighted by atomic mass is 16.3. The van der Waals surface area contributed by atoms with Gasteiger partial charge in [0.15, 0.2) is 5.78 Å². The largest absolute Gasteiger partial charge is 0.392 e. The number of fused-ring (bicyclic) bond motifs is 1. The number of aliphatic hydroxyl groups excluding tert-OH is 1. The molecule has 3 aliphatic carbocycles. The Balaban J connectivity index is 1.52. The van der Waals surface area contributed by atoms with E-state index in [4.69, 9.17) is 0 Å². The number of ketones is 1. The third kappa shape index (κ3) is 4.25. The molecule has 0 aliphatic heterocycles. The van der Waals surface area contributed by atoms with Gasteiger partial charge >= 0.3 is 0 Å². The van der Waals surface area contributed by atoms with E-state index >= 15 is 0 Å². The molecule has 2 N–H and O–H groups in total. The highest BCUT2D eigenvalue weighted by molar-refractivity contribution is 6.08. The third-order valence-corrected chi connectivity index (χ3v) is 6.94. The van der Waals surface area contributed by atoms with Crippen molar-refractivity contribution in [1.29, 1.82) is 0 Å². The number of carbonyl (C=O) groups is 1. The summed E-state index contributed by atoms with van der Waals surface area (Å²) < 4.78 is 0. The van der Waals surface area contributed by atoms with Crippen LogP contribution in [0.4, 0.5) is 0 Å². The van der Waals surface area contributed by atoms with Gasteiger partial charge in [-0.2, -0.15) is 0 Å². The molecular formula is C26H30O3. The van der Waals surface area contributed by atoms with Gasteiger partial charge in [0.1, 0.15) is 5.60 Å². The van der Waals surface area contributed by atoms with Gasteiger partial charge in [0, 0.05) is 16.6 Å². The second-order valence-electron chi connectivity index (χ2n) is 9.17. The number of aliphatic hydroxyl groups is 2. The van der Waals surface area contributed by atoms with Crippen molar-refractivity contribution in [2.24, 2.45) is 5.41 Å². The molecule has 1 aromatic rings. The van der Waals surface area contributed by atoms with Crippen LogP contribution in [0.5, 0.6) is 0 Å². The molecule has 29 heavy (non-hydrogen) atoms. The molecule has 3 heteroatoms. The Hall–Kier alpha value is -2.15. The molecule has 0 aromatic heterocycles. The minimum Gasteiger partial charge on any atom is -0.392 e.